The molecule has 84 valence electrons. The smallest absolute Gasteiger partial charge is 0.177 e. The SMILES string of the molecule is COc1ccc(Cn2c(C)c[nH]c2=S)cc1. The van der Waals surface area contributed by atoms with Crippen LogP contribution in [0.25, 0.3) is 0 Å². The Kier molecular flexibility index (Phi) is 3.10. The zero-order valence-corrected chi connectivity index (χ0v) is 10.2. The molecule has 0 aliphatic heterocycles. The van der Waals surface area contributed by atoms with Crippen molar-refractivity contribution in [1.29, 1.82) is 0 Å². The third-order valence-electron chi connectivity index (χ3n) is 2.58. The number of hydrogen-bond acceptors (Lipinski definition) is 2. The molecule has 2 aromatic rings. The molecule has 0 amide bonds. The van der Waals surface area contributed by atoms with Gasteiger partial charge in [0.25, 0.3) is 0 Å². The Morgan fingerprint density at radius 2 is 2.00 bits per heavy atom. The Morgan fingerprint density at radius 1 is 1.31 bits per heavy atom. The minimum Gasteiger partial charge on any atom is -0.497 e. The van der Waals surface area contributed by atoms with Crippen LogP contribution in [-0.2, 0) is 6.54 Å². The normalized spacial score (nSPS) is 10.4. The number of H-pyrrole nitrogens is 1. The van der Waals surface area contributed by atoms with Crippen molar-refractivity contribution >= 4 is 12.2 Å². The molecule has 0 saturated carbocycles. The van der Waals surface area contributed by atoms with Crippen LogP contribution in [0.1, 0.15) is 11.3 Å². The summed E-state index contributed by atoms with van der Waals surface area (Å²) in [7, 11) is 1.67. The molecule has 0 atom stereocenters. The van der Waals surface area contributed by atoms with E-state index in [2.05, 4.69) is 9.55 Å². The molecule has 1 aromatic carbocycles. The summed E-state index contributed by atoms with van der Waals surface area (Å²) < 4.78 is 7.94. The predicted molar refractivity (Wildman–Crippen MR) is 66.4 cm³/mol. The van der Waals surface area contributed by atoms with Crippen LogP contribution in [0, 0.1) is 11.7 Å². The van der Waals surface area contributed by atoms with Crippen LogP contribution in [0.2, 0.25) is 0 Å². The highest BCUT2D eigenvalue weighted by atomic mass is 32.1. The Balaban J connectivity index is 2.24. The minimum atomic E-state index is 0.758. The second-order valence-corrected chi connectivity index (χ2v) is 4.06. The van der Waals surface area contributed by atoms with Crippen LogP contribution in [-0.4, -0.2) is 16.7 Å². The Morgan fingerprint density at radius 3 is 2.50 bits per heavy atom. The number of nitrogens with one attached hydrogen (secondary N) is 1. The highest BCUT2D eigenvalue weighted by Gasteiger charge is 2.00. The second-order valence-electron chi connectivity index (χ2n) is 3.67. The molecule has 2 rings (SSSR count). The molecule has 0 aliphatic rings. The summed E-state index contributed by atoms with van der Waals surface area (Å²) in [5, 5.41) is 0. The maximum absolute atomic E-state index is 5.20. The number of hydrogen-bond donors (Lipinski definition) is 1. The van der Waals surface area contributed by atoms with E-state index in [1.54, 1.807) is 7.11 Å². The second kappa shape index (κ2) is 4.53. The minimum absolute atomic E-state index is 0.758. The van der Waals surface area contributed by atoms with Crippen LogP contribution in [0.15, 0.2) is 30.5 Å². The largest absolute Gasteiger partial charge is 0.497 e. The van der Waals surface area contributed by atoms with Crippen LogP contribution in [0.5, 0.6) is 5.75 Å². The van der Waals surface area contributed by atoms with Gasteiger partial charge in [-0.25, -0.2) is 0 Å². The van der Waals surface area contributed by atoms with Crippen LogP contribution >= 0.6 is 12.2 Å². The first kappa shape index (κ1) is 11.0. The van der Waals surface area contributed by atoms with Gasteiger partial charge in [-0.2, -0.15) is 0 Å². The number of aryl methyl sites for hydroxylation is 1. The van der Waals surface area contributed by atoms with Gasteiger partial charge in [0.2, 0.25) is 0 Å². The van der Waals surface area contributed by atoms with E-state index < -0.39 is 0 Å². The van der Waals surface area contributed by atoms with Crippen molar-refractivity contribution in [1.82, 2.24) is 9.55 Å². The summed E-state index contributed by atoms with van der Waals surface area (Å²) in [6.45, 7) is 2.83. The van der Waals surface area contributed by atoms with E-state index >= 15 is 0 Å². The van der Waals surface area contributed by atoms with Gasteiger partial charge in [-0.05, 0) is 36.8 Å². The molecule has 0 aliphatic carbocycles. The van der Waals surface area contributed by atoms with Crippen LogP contribution < -0.4 is 4.74 Å². The Bertz CT molecular complexity index is 525. The first-order valence-corrected chi connectivity index (χ1v) is 5.49. The molecule has 1 aromatic heterocycles. The van der Waals surface area contributed by atoms with Crippen molar-refractivity contribution in [2.45, 2.75) is 13.5 Å². The van der Waals surface area contributed by atoms with Gasteiger partial charge < -0.3 is 14.3 Å². The number of benzene rings is 1. The first-order valence-electron chi connectivity index (χ1n) is 5.08. The highest BCUT2D eigenvalue weighted by Crippen LogP contribution is 2.13. The van der Waals surface area contributed by atoms with E-state index in [-0.39, 0.29) is 0 Å². The standard InChI is InChI=1S/C12H14N2OS/c1-9-7-13-12(16)14(9)8-10-3-5-11(15-2)6-4-10/h3-7H,8H2,1-2H3,(H,13,16). The lowest BCUT2D eigenvalue weighted by molar-refractivity contribution is 0.414. The van der Waals surface area contributed by atoms with E-state index in [1.165, 1.54) is 5.56 Å². The molecule has 1 N–H and O–H groups in total. The number of ether oxygens (including phenoxy) is 1. The number of aromatic amines is 1. The average molecular weight is 234 g/mol. The van der Waals surface area contributed by atoms with Crippen molar-refractivity contribution in [3.05, 3.63) is 46.5 Å². The summed E-state index contributed by atoms with van der Waals surface area (Å²) in [5.74, 6) is 0.873. The number of methoxy groups -OCH3 is 1. The molecule has 4 heteroatoms. The molecule has 0 spiro atoms. The van der Waals surface area contributed by atoms with Gasteiger partial charge in [0.15, 0.2) is 4.77 Å². The Labute approximate surface area is 99.7 Å². The van der Waals surface area contributed by atoms with Gasteiger partial charge in [0.1, 0.15) is 5.75 Å². The van der Waals surface area contributed by atoms with Gasteiger partial charge >= 0.3 is 0 Å². The number of rotatable bonds is 3. The summed E-state index contributed by atoms with van der Waals surface area (Å²) >= 11 is 5.20. The predicted octanol–water partition coefficient (Wildman–Crippen LogP) is 2.91. The molecule has 16 heavy (non-hydrogen) atoms. The summed E-state index contributed by atoms with van der Waals surface area (Å²) in [4.78, 5) is 3.03. The monoisotopic (exact) mass is 234 g/mol. The molecule has 0 fully saturated rings. The first-order chi connectivity index (χ1) is 7.70. The van der Waals surface area contributed by atoms with Gasteiger partial charge in [-0.1, -0.05) is 12.1 Å². The molecule has 0 bridgehead atoms. The molecule has 1 heterocycles. The third-order valence-corrected chi connectivity index (χ3v) is 2.91. The average Bonchev–Trinajstić information content (AvgIpc) is 2.62. The maximum Gasteiger partial charge on any atom is 0.177 e. The number of nitrogens with zero attached hydrogens (tertiary/aromatic N) is 1. The van der Waals surface area contributed by atoms with Crippen molar-refractivity contribution in [3.8, 4) is 5.75 Å². The zero-order chi connectivity index (χ0) is 11.5. The van der Waals surface area contributed by atoms with E-state index in [0.717, 1.165) is 22.8 Å². The van der Waals surface area contributed by atoms with Crippen molar-refractivity contribution in [2.24, 2.45) is 0 Å². The summed E-state index contributed by atoms with van der Waals surface area (Å²) in [6, 6.07) is 8.02. The van der Waals surface area contributed by atoms with Crippen LogP contribution in [0.3, 0.4) is 0 Å². The molecule has 0 unspecified atom stereocenters. The van der Waals surface area contributed by atoms with Crippen molar-refractivity contribution in [3.63, 3.8) is 0 Å². The van der Waals surface area contributed by atoms with Crippen molar-refractivity contribution in [2.75, 3.05) is 7.11 Å². The van der Waals surface area contributed by atoms with Gasteiger partial charge in [0, 0.05) is 11.9 Å². The molecule has 3 nitrogen and oxygen atoms in total. The number of aromatic nitrogens is 2. The quantitative estimate of drug-likeness (QED) is 0.828. The fourth-order valence-electron chi connectivity index (χ4n) is 1.59. The fourth-order valence-corrected chi connectivity index (χ4v) is 1.86. The highest BCUT2D eigenvalue weighted by molar-refractivity contribution is 7.71. The summed E-state index contributed by atoms with van der Waals surface area (Å²) in [6.07, 6.45) is 1.92. The maximum atomic E-state index is 5.20. The molecular weight excluding hydrogens is 220 g/mol. The lowest BCUT2D eigenvalue weighted by Gasteiger charge is -2.06. The fraction of sp³-hybridized carbons (Fsp3) is 0.250. The zero-order valence-electron chi connectivity index (χ0n) is 9.36. The van der Waals surface area contributed by atoms with E-state index in [1.807, 2.05) is 37.4 Å². The third kappa shape index (κ3) is 2.17. The van der Waals surface area contributed by atoms with E-state index in [9.17, 15) is 0 Å². The van der Waals surface area contributed by atoms with Crippen LogP contribution in [0.4, 0.5) is 0 Å². The lowest BCUT2D eigenvalue weighted by atomic mass is 10.2. The van der Waals surface area contributed by atoms with Gasteiger partial charge in [-0.15, -0.1) is 0 Å². The molecular formula is C12H14N2OS. The molecule has 0 saturated heterocycles. The topological polar surface area (TPSA) is 29.9 Å². The van der Waals surface area contributed by atoms with Gasteiger partial charge in [-0.3, -0.25) is 0 Å². The summed E-state index contributed by atoms with van der Waals surface area (Å²) in [5.41, 5.74) is 2.35. The van der Waals surface area contributed by atoms with E-state index in [4.69, 9.17) is 17.0 Å². The van der Waals surface area contributed by atoms with E-state index in [0.29, 0.717) is 0 Å². The lowest BCUT2D eigenvalue weighted by Crippen LogP contribution is -2.01. The van der Waals surface area contributed by atoms with Crippen molar-refractivity contribution < 1.29 is 4.74 Å². The van der Waals surface area contributed by atoms with Gasteiger partial charge in [0.05, 0.1) is 13.7 Å². The number of imidazole rings is 1. The Hall–Kier alpha value is -1.55. The molecule has 0 radical (unpaired) electrons.